The second-order valence-electron chi connectivity index (χ2n) is 2.50. The van der Waals surface area contributed by atoms with Crippen molar-refractivity contribution < 1.29 is 0 Å². The second-order valence-corrected chi connectivity index (χ2v) is 3.84. The fraction of sp³-hybridized carbons (Fsp3) is 0.333. The van der Waals surface area contributed by atoms with Crippen LogP contribution in [0.15, 0.2) is 23.1 Å². The third kappa shape index (κ3) is 2.16. The monoisotopic (exact) mass is 182 g/mol. The highest BCUT2D eigenvalue weighted by molar-refractivity contribution is 7.99. The van der Waals surface area contributed by atoms with E-state index in [-0.39, 0.29) is 0 Å². The first-order valence-electron chi connectivity index (χ1n) is 3.99. The van der Waals surface area contributed by atoms with Crippen LogP contribution in [0.4, 0.5) is 5.69 Å². The Kier molecular flexibility index (Phi) is 3.44. The average molecular weight is 182 g/mol. The maximum absolute atomic E-state index is 5.71. The number of nitrogen functional groups attached to an aromatic ring is 1. The highest BCUT2D eigenvalue weighted by Crippen LogP contribution is 2.22. The molecule has 0 radical (unpaired) electrons. The van der Waals surface area contributed by atoms with E-state index in [4.69, 9.17) is 11.5 Å². The highest BCUT2D eigenvalue weighted by Gasteiger charge is 1.98. The summed E-state index contributed by atoms with van der Waals surface area (Å²) in [6.07, 6.45) is 0. The number of hydrogen-bond acceptors (Lipinski definition) is 3. The van der Waals surface area contributed by atoms with Crippen molar-refractivity contribution in [2.24, 2.45) is 5.73 Å². The maximum Gasteiger partial charge on any atom is 0.0360 e. The summed E-state index contributed by atoms with van der Waals surface area (Å²) in [6, 6.07) is 6.01. The number of rotatable bonds is 3. The summed E-state index contributed by atoms with van der Waals surface area (Å²) in [6.45, 7) is 2.65. The first-order valence-corrected chi connectivity index (χ1v) is 4.97. The van der Waals surface area contributed by atoms with Gasteiger partial charge in [-0.05, 0) is 29.5 Å². The molecule has 0 aromatic heterocycles. The molecule has 3 heteroatoms. The summed E-state index contributed by atoms with van der Waals surface area (Å²) in [7, 11) is 0. The highest BCUT2D eigenvalue weighted by atomic mass is 32.2. The summed E-state index contributed by atoms with van der Waals surface area (Å²) in [4.78, 5) is 1.24. The molecule has 1 aromatic rings. The van der Waals surface area contributed by atoms with Crippen molar-refractivity contribution in [3.05, 3.63) is 23.8 Å². The van der Waals surface area contributed by atoms with Crippen LogP contribution in [0.1, 0.15) is 12.5 Å². The summed E-state index contributed by atoms with van der Waals surface area (Å²) < 4.78 is 0. The molecule has 1 aromatic carbocycles. The van der Waals surface area contributed by atoms with Gasteiger partial charge in [0, 0.05) is 17.1 Å². The first kappa shape index (κ1) is 9.42. The van der Waals surface area contributed by atoms with Crippen molar-refractivity contribution in [3.8, 4) is 0 Å². The molecule has 0 saturated heterocycles. The van der Waals surface area contributed by atoms with E-state index >= 15 is 0 Å². The van der Waals surface area contributed by atoms with Gasteiger partial charge in [0.25, 0.3) is 0 Å². The number of anilines is 1. The van der Waals surface area contributed by atoms with Gasteiger partial charge in [0.05, 0.1) is 0 Å². The van der Waals surface area contributed by atoms with Gasteiger partial charge in [-0.25, -0.2) is 0 Å². The van der Waals surface area contributed by atoms with Gasteiger partial charge >= 0.3 is 0 Å². The normalized spacial score (nSPS) is 10.2. The first-order chi connectivity index (χ1) is 5.77. The molecule has 0 unspecified atom stereocenters. The molecule has 0 aliphatic rings. The molecule has 2 nitrogen and oxygen atoms in total. The number of nitrogens with two attached hydrogens (primary N) is 2. The zero-order chi connectivity index (χ0) is 8.97. The van der Waals surface area contributed by atoms with Gasteiger partial charge in [-0.1, -0.05) is 6.92 Å². The molecule has 0 spiro atoms. The third-order valence-electron chi connectivity index (χ3n) is 1.65. The predicted molar refractivity (Wildman–Crippen MR) is 55.1 cm³/mol. The summed E-state index contributed by atoms with van der Waals surface area (Å²) in [5, 5.41) is 0. The Morgan fingerprint density at radius 1 is 1.42 bits per heavy atom. The minimum atomic E-state index is 0.518. The minimum Gasteiger partial charge on any atom is -0.398 e. The lowest BCUT2D eigenvalue weighted by Crippen LogP contribution is -2.01. The Morgan fingerprint density at radius 3 is 2.75 bits per heavy atom. The van der Waals surface area contributed by atoms with Crippen molar-refractivity contribution in [3.63, 3.8) is 0 Å². The van der Waals surface area contributed by atoms with Gasteiger partial charge in [-0.15, -0.1) is 11.8 Å². The zero-order valence-electron chi connectivity index (χ0n) is 7.21. The molecular formula is C9H14N2S. The van der Waals surface area contributed by atoms with Crippen LogP contribution in [-0.4, -0.2) is 5.75 Å². The Hall–Kier alpha value is -0.670. The fourth-order valence-electron chi connectivity index (χ4n) is 1.02. The van der Waals surface area contributed by atoms with Crippen LogP contribution >= 0.6 is 11.8 Å². The molecule has 1 rings (SSSR count). The van der Waals surface area contributed by atoms with Crippen molar-refractivity contribution in [2.75, 3.05) is 11.5 Å². The fourth-order valence-corrected chi connectivity index (χ4v) is 1.74. The van der Waals surface area contributed by atoms with E-state index < -0.39 is 0 Å². The standard InChI is InChI=1S/C9H14N2S/c1-2-12-8-3-4-9(11)7(5-8)6-10/h3-5H,2,6,10-11H2,1H3. The summed E-state index contributed by atoms with van der Waals surface area (Å²) in [5.74, 6) is 1.08. The lowest BCUT2D eigenvalue weighted by molar-refractivity contribution is 1.06. The Labute approximate surface area is 77.3 Å². The predicted octanol–water partition coefficient (Wildman–Crippen LogP) is 1.84. The van der Waals surface area contributed by atoms with Gasteiger partial charge in [0.2, 0.25) is 0 Å². The molecule has 0 aliphatic heterocycles. The summed E-state index contributed by atoms with van der Waals surface area (Å²) >= 11 is 1.80. The SMILES string of the molecule is CCSc1ccc(N)c(CN)c1. The lowest BCUT2D eigenvalue weighted by Gasteiger charge is -2.04. The quantitative estimate of drug-likeness (QED) is 0.554. The molecule has 0 atom stereocenters. The molecule has 4 N–H and O–H groups in total. The van der Waals surface area contributed by atoms with Crippen LogP contribution in [0.3, 0.4) is 0 Å². The van der Waals surface area contributed by atoms with Gasteiger partial charge in [-0.2, -0.15) is 0 Å². The Morgan fingerprint density at radius 2 is 2.17 bits per heavy atom. The topological polar surface area (TPSA) is 52.0 Å². The molecule has 0 heterocycles. The molecule has 12 heavy (non-hydrogen) atoms. The number of thioether (sulfide) groups is 1. The number of hydrogen-bond donors (Lipinski definition) is 2. The van der Waals surface area contributed by atoms with E-state index in [1.165, 1.54) is 4.90 Å². The molecule has 0 bridgehead atoms. The lowest BCUT2D eigenvalue weighted by atomic mass is 10.2. The average Bonchev–Trinajstić information content (AvgIpc) is 2.09. The van der Waals surface area contributed by atoms with E-state index in [2.05, 4.69) is 13.0 Å². The largest absolute Gasteiger partial charge is 0.398 e. The van der Waals surface area contributed by atoms with Crippen LogP contribution in [0, 0.1) is 0 Å². The van der Waals surface area contributed by atoms with Crippen molar-refractivity contribution in [1.82, 2.24) is 0 Å². The molecule has 66 valence electrons. The number of benzene rings is 1. The second kappa shape index (κ2) is 4.38. The van der Waals surface area contributed by atoms with E-state index in [9.17, 15) is 0 Å². The van der Waals surface area contributed by atoms with Crippen LogP contribution in [-0.2, 0) is 6.54 Å². The minimum absolute atomic E-state index is 0.518. The van der Waals surface area contributed by atoms with Crippen molar-refractivity contribution >= 4 is 17.4 Å². The van der Waals surface area contributed by atoms with Crippen molar-refractivity contribution in [2.45, 2.75) is 18.4 Å². The van der Waals surface area contributed by atoms with Crippen LogP contribution in [0.2, 0.25) is 0 Å². The van der Waals surface area contributed by atoms with Crippen LogP contribution in [0.5, 0.6) is 0 Å². The van der Waals surface area contributed by atoms with E-state index in [0.29, 0.717) is 6.54 Å². The third-order valence-corrected chi connectivity index (χ3v) is 2.52. The van der Waals surface area contributed by atoms with E-state index in [1.54, 1.807) is 11.8 Å². The molecule has 0 aliphatic carbocycles. The smallest absolute Gasteiger partial charge is 0.0360 e. The molecule has 0 saturated carbocycles. The van der Waals surface area contributed by atoms with E-state index in [0.717, 1.165) is 17.0 Å². The molecule has 0 amide bonds. The van der Waals surface area contributed by atoms with Crippen LogP contribution in [0.25, 0.3) is 0 Å². The van der Waals surface area contributed by atoms with Gasteiger partial charge in [0.1, 0.15) is 0 Å². The zero-order valence-corrected chi connectivity index (χ0v) is 8.03. The van der Waals surface area contributed by atoms with Gasteiger partial charge < -0.3 is 11.5 Å². The Bertz CT molecular complexity index is 261. The van der Waals surface area contributed by atoms with E-state index in [1.807, 2.05) is 12.1 Å². The Balaban J connectivity index is 2.89. The maximum atomic E-state index is 5.71. The van der Waals surface area contributed by atoms with Crippen molar-refractivity contribution in [1.29, 1.82) is 0 Å². The summed E-state index contributed by atoms with van der Waals surface area (Å²) in [5.41, 5.74) is 13.1. The molecule has 0 fully saturated rings. The van der Waals surface area contributed by atoms with Gasteiger partial charge in [0.15, 0.2) is 0 Å². The van der Waals surface area contributed by atoms with Gasteiger partial charge in [-0.3, -0.25) is 0 Å². The molecular weight excluding hydrogens is 168 g/mol. The van der Waals surface area contributed by atoms with Crippen LogP contribution < -0.4 is 11.5 Å².